The van der Waals surface area contributed by atoms with Crippen LogP contribution in [0.25, 0.3) is 0 Å². The molecule has 0 radical (unpaired) electrons. The molecule has 0 spiro atoms. The number of para-hydroxylation sites is 1. The first kappa shape index (κ1) is 9.29. The van der Waals surface area contributed by atoms with Crippen LogP contribution in [0.1, 0.15) is 6.92 Å². The highest BCUT2D eigenvalue weighted by Gasteiger charge is 2.01. The summed E-state index contributed by atoms with van der Waals surface area (Å²) in [4.78, 5) is 3.36. The average molecular weight is 181 g/mol. The van der Waals surface area contributed by atoms with Crippen LogP contribution in [-0.4, -0.2) is 15.8 Å². The molecule has 1 aromatic rings. The standard InChI is InChI=1S/C9H15NOSi/c1-3-11-12(2)10-9-7-5-4-6-8-9/h4-8,10,12H,3H2,1-2H3. The van der Waals surface area contributed by atoms with E-state index in [4.69, 9.17) is 4.43 Å². The second-order valence-corrected chi connectivity index (χ2v) is 4.51. The topological polar surface area (TPSA) is 21.3 Å². The monoisotopic (exact) mass is 181 g/mol. The van der Waals surface area contributed by atoms with Crippen LogP contribution in [0.15, 0.2) is 30.3 Å². The third kappa shape index (κ3) is 3.07. The number of hydrogen-bond donors (Lipinski definition) is 1. The molecule has 0 fully saturated rings. The summed E-state index contributed by atoms with van der Waals surface area (Å²) in [5.74, 6) is 0. The van der Waals surface area contributed by atoms with Gasteiger partial charge in [-0.3, -0.25) is 0 Å². The molecular formula is C9H15NOSi. The minimum atomic E-state index is -1.18. The van der Waals surface area contributed by atoms with Crippen LogP contribution in [0.4, 0.5) is 5.69 Å². The van der Waals surface area contributed by atoms with E-state index in [2.05, 4.69) is 23.7 Å². The molecule has 1 atom stereocenters. The molecule has 0 amide bonds. The van der Waals surface area contributed by atoms with Crippen molar-refractivity contribution in [3.63, 3.8) is 0 Å². The van der Waals surface area contributed by atoms with Gasteiger partial charge in [0.1, 0.15) is 0 Å². The van der Waals surface area contributed by atoms with E-state index in [0.29, 0.717) is 0 Å². The zero-order chi connectivity index (χ0) is 8.81. The summed E-state index contributed by atoms with van der Waals surface area (Å²) in [7, 11) is -1.18. The van der Waals surface area contributed by atoms with Crippen LogP contribution < -0.4 is 4.98 Å². The first-order chi connectivity index (χ1) is 5.83. The molecule has 0 saturated carbocycles. The Balaban J connectivity index is 2.41. The Morgan fingerprint density at radius 1 is 1.33 bits per heavy atom. The highest BCUT2D eigenvalue weighted by atomic mass is 28.3. The second kappa shape index (κ2) is 4.95. The van der Waals surface area contributed by atoms with Gasteiger partial charge in [-0.1, -0.05) is 18.2 Å². The van der Waals surface area contributed by atoms with Gasteiger partial charge in [0.25, 0.3) is 9.20 Å². The molecule has 0 saturated heterocycles. The van der Waals surface area contributed by atoms with Gasteiger partial charge in [-0.05, 0) is 25.6 Å². The maximum Gasteiger partial charge on any atom is 0.278 e. The van der Waals surface area contributed by atoms with E-state index in [9.17, 15) is 0 Å². The lowest BCUT2D eigenvalue weighted by atomic mass is 10.3. The fourth-order valence-electron chi connectivity index (χ4n) is 1.06. The smallest absolute Gasteiger partial charge is 0.278 e. The predicted molar refractivity (Wildman–Crippen MR) is 54.7 cm³/mol. The first-order valence-electron chi connectivity index (χ1n) is 4.26. The van der Waals surface area contributed by atoms with E-state index < -0.39 is 9.20 Å². The fourth-order valence-corrected chi connectivity index (χ4v) is 2.31. The zero-order valence-corrected chi connectivity index (χ0v) is 8.73. The van der Waals surface area contributed by atoms with Gasteiger partial charge in [-0.15, -0.1) is 0 Å². The summed E-state index contributed by atoms with van der Waals surface area (Å²) in [6.07, 6.45) is 0. The fraction of sp³-hybridized carbons (Fsp3) is 0.333. The molecular weight excluding hydrogens is 166 g/mol. The molecule has 0 bridgehead atoms. The van der Waals surface area contributed by atoms with Crippen LogP contribution in [0, 0.1) is 0 Å². The molecule has 12 heavy (non-hydrogen) atoms. The van der Waals surface area contributed by atoms with Gasteiger partial charge in [0.2, 0.25) is 0 Å². The number of rotatable bonds is 4. The van der Waals surface area contributed by atoms with Crippen molar-refractivity contribution in [1.29, 1.82) is 0 Å². The summed E-state index contributed by atoms with van der Waals surface area (Å²) >= 11 is 0. The van der Waals surface area contributed by atoms with Crippen LogP contribution in [-0.2, 0) is 4.43 Å². The Kier molecular flexibility index (Phi) is 3.83. The lowest BCUT2D eigenvalue weighted by Gasteiger charge is -2.12. The molecule has 0 aliphatic heterocycles. The molecule has 1 rings (SSSR count). The highest BCUT2D eigenvalue weighted by molar-refractivity contribution is 6.54. The molecule has 1 N–H and O–H groups in total. The van der Waals surface area contributed by atoms with Gasteiger partial charge in [0.05, 0.1) is 0 Å². The van der Waals surface area contributed by atoms with Crippen molar-refractivity contribution < 1.29 is 4.43 Å². The van der Waals surface area contributed by atoms with E-state index in [1.807, 2.05) is 25.1 Å². The Labute approximate surface area is 75.4 Å². The Hall–Kier alpha value is -0.803. The van der Waals surface area contributed by atoms with Gasteiger partial charge >= 0.3 is 0 Å². The van der Waals surface area contributed by atoms with Crippen molar-refractivity contribution in [3.05, 3.63) is 30.3 Å². The van der Waals surface area contributed by atoms with Crippen LogP contribution in [0.2, 0.25) is 6.55 Å². The third-order valence-corrected chi connectivity index (χ3v) is 3.13. The maximum atomic E-state index is 5.47. The van der Waals surface area contributed by atoms with E-state index >= 15 is 0 Å². The first-order valence-corrected chi connectivity index (χ1v) is 6.46. The van der Waals surface area contributed by atoms with Crippen molar-refractivity contribution in [3.8, 4) is 0 Å². The molecule has 1 aromatic carbocycles. The van der Waals surface area contributed by atoms with Gasteiger partial charge in [-0.2, -0.15) is 0 Å². The number of anilines is 1. The molecule has 0 aliphatic rings. The van der Waals surface area contributed by atoms with E-state index in [0.717, 1.165) is 12.3 Å². The van der Waals surface area contributed by atoms with Crippen LogP contribution >= 0.6 is 0 Å². The van der Waals surface area contributed by atoms with Crippen molar-refractivity contribution in [1.82, 2.24) is 0 Å². The van der Waals surface area contributed by atoms with Gasteiger partial charge < -0.3 is 9.41 Å². The van der Waals surface area contributed by atoms with Gasteiger partial charge in [0.15, 0.2) is 0 Å². The summed E-state index contributed by atoms with van der Waals surface area (Å²) < 4.78 is 5.47. The van der Waals surface area contributed by atoms with Crippen molar-refractivity contribution >= 4 is 14.9 Å². The molecule has 0 aliphatic carbocycles. The van der Waals surface area contributed by atoms with Crippen LogP contribution in [0.3, 0.4) is 0 Å². The Morgan fingerprint density at radius 2 is 2.00 bits per heavy atom. The summed E-state index contributed by atoms with van der Waals surface area (Å²) in [6, 6.07) is 10.2. The van der Waals surface area contributed by atoms with E-state index in [1.54, 1.807) is 0 Å². The zero-order valence-electron chi connectivity index (χ0n) is 7.58. The van der Waals surface area contributed by atoms with Gasteiger partial charge in [-0.25, -0.2) is 0 Å². The largest absolute Gasteiger partial charge is 0.402 e. The minimum Gasteiger partial charge on any atom is -0.402 e. The number of hydrogen-bond acceptors (Lipinski definition) is 2. The molecule has 3 heteroatoms. The van der Waals surface area contributed by atoms with Crippen molar-refractivity contribution in [2.24, 2.45) is 0 Å². The normalized spacial score (nSPS) is 12.5. The third-order valence-electron chi connectivity index (χ3n) is 1.56. The minimum absolute atomic E-state index is 0.799. The average Bonchev–Trinajstić information content (AvgIpc) is 2.06. The predicted octanol–water partition coefficient (Wildman–Crippen LogP) is 1.99. The SMILES string of the molecule is CCO[SiH](C)Nc1ccccc1. The molecule has 0 aromatic heterocycles. The quantitative estimate of drug-likeness (QED) is 0.717. The molecule has 66 valence electrons. The van der Waals surface area contributed by atoms with Gasteiger partial charge in [0, 0.05) is 12.3 Å². The molecule has 2 nitrogen and oxygen atoms in total. The Morgan fingerprint density at radius 3 is 2.58 bits per heavy atom. The summed E-state index contributed by atoms with van der Waals surface area (Å²) in [5.41, 5.74) is 1.16. The highest BCUT2D eigenvalue weighted by Crippen LogP contribution is 2.05. The lowest BCUT2D eigenvalue weighted by Crippen LogP contribution is -2.24. The maximum absolute atomic E-state index is 5.47. The number of nitrogens with one attached hydrogen (secondary N) is 1. The molecule has 1 unspecified atom stereocenters. The molecule has 0 heterocycles. The lowest BCUT2D eigenvalue weighted by molar-refractivity contribution is 0.350. The Bertz CT molecular complexity index is 215. The van der Waals surface area contributed by atoms with Crippen molar-refractivity contribution in [2.75, 3.05) is 11.6 Å². The van der Waals surface area contributed by atoms with E-state index in [1.165, 1.54) is 0 Å². The summed E-state index contributed by atoms with van der Waals surface area (Å²) in [5, 5.41) is 0. The van der Waals surface area contributed by atoms with Crippen molar-refractivity contribution in [2.45, 2.75) is 13.5 Å². The second-order valence-electron chi connectivity index (χ2n) is 2.61. The van der Waals surface area contributed by atoms with E-state index in [-0.39, 0.29) is 0 Å². The van der Waals surface area contributed by atoms with Crippen LogP contribution in [0.5, 0.6) is 0 Å². The number of benzene rings is 1. The summed E-state index contributed by atoms with van der Waals surface area (Å²) in [6.45, 7) is 4.96.